The molecule has 5 heteroatoms. The highest BCUT2D eigenvalue weighted by atomic mass is 32.1. The molecule has 4 nitrogen and oxygen atoms in total. The SMILES string of the molecule is CCc1cc(C(=O)O)cc(Nc2ccc3sccc3c2)n1. The minimum atomic E-state index is -0.941. The molecule has 0 aliphatic rings. The first kappa shape index (κ1) is 13.6. The fourth-order valence-electron chi connectivity index (χ4n) is 2.15. The summed E-state index contributed by atoms with van der Waals surface area (Å²) >= 11 is 1.69. The number of rotatable bonds is 4. The lowest BCUT2D eigenvalue weighted by Gasteiger charge is -2.09. The second-order valence-corrected chi connectivity index (χ2v) is 5.64. The number of carbonyl (C=O) groups is 1. The van der Waals surface area contributed by atoms with Gasteiger partial charge < -0.3 is 10.4 Å². The largest absolute Gasteiger partial charge is 0.478 e. The van der Waals surface area contributed by atoms with Crippen LogP contribution in [-0.2, 0) is 6.42 Å². The molecule has 0 bridgehead atoms. The van der Waals surface area contributed by atoms with Gasteiger partial charge in [0.2, 0.25) is 0 Å². The van der Waals surface area contributed by atoms with E-state index >= 15 is 0 Å². The molecular weight excluding hydrogens is 284 g/mol. The Bertz CT molecular complexity index is 811. The van der Waals surface area contributed by atoms with E-state index in [0.717, 1.165) is 16.8 Å². The van der Waals surface area contributed by atoms with Crippen molar-refractivity contribution >= 4 is 38.9 Å². The maximum absolute atomic E-state index is 11.2. The van der Waals surface area contributed by atoms with E-state index in [4.69, 9.17) is 5.11 Å². The van der Waals surface area contributed by atoms with Crippen molar-refractivity contribution in [3.63, 3.8) is 0 Å². The number of fused-ring (bicyclic) bond motifs is 1. The van der Waals surface area contributed by atoms with Crippen LogP contribution in [0.3, 0.4) is 0 Å². The van der Waals surface area contributed by atoms with Crippen LogP contribution in [0.4, 0.5) is 11.5 Å². The van der Waals surface area contributed by atoms with Gasteiger partial charge in [-0.2, -0.15) is 0 Å². The van der Waals surface area contributed by atoms with Crippen LogP contribution in [0.5, 0.6) is 0 Å². The molecule has 2 aromatic heterocycles. The number of hydrogen-bond donors (Lipinski definition) is 2. The maximum atomic E-state index is 11.2. The Morgan fingerprint density at radius 1 is 1.29 bits per heavy atom. The highest BCUT2D eigenvalue weighted by Gasteiger charge is 2.08. The first-order valence-corrected chi connectivity index (χ1v) is 7.52. The molecule has 0 saturated carbocycles. The minimum absolute atomic E-state index is 0.251. The van der Waals surface area contributed by atoms with Gasteiger partial charge in [-0.3, -0.25) is 0 Å². The maximum Gasteiger partial charge on any atom is 0.335 e. The number of anilines is 2. The Balaban J connectivity index is 1.96. The Labute approximate surface area is 126 Å². The third kappa shape index (κ3) is 2.87. The summed E-state index contributed by atoms with van der Waals surface area (Å²) < 4.78 is 1.22. The van der Waals surface area contributed by atoms with Crippen molar-refractivity contribution in [2.24, 2.45) is 0 Å². The Hall–Kier alpha value is -2.40. The number of aromatic carboxylic acids is 1. The average molecular weight is 298 g/mol. The lowest BCUT2D eigenvalue weighted by molar-refractivity contribution is 0.0696. The van der Waals surface area contributed by atoms with Crippen molar-refractivity contribution in [1.29, 1.82) is 0 Å². The van der Waals surface area contributed by atoms with Gasteiger partial charge in [-0.15, -0.1) is 11.3 Å². The van der Waals surface area contributed by atoms with Gasteiger partial charge in [0, 0.05) is 16.1 Å². The van der Waals surface area contributed by atoms with Gasteiger partial charge in [0.05, 0.1) is 5.56 Å². The molecule has 0 spiro atoms. The molecule has 3 aromatic rings. The van der Waals surface area contributed by atoms with Crippen molar-refractivity contribution in [2.45, 2.75) is 13.3 Å². The normalized spacial score (nSPS) is 10.7. The van der Waals surface area contributed by atoms with Crippen LogP contribution < -0.4 is 5.32 Å². The van der Waals surface area contributed by atoms with E-state index in [9.17, 15) is 4.79 Å². The molecule has 0 saturated heterocycles. The summed E-state index contributed by atoms with van der Waals surface area (Å²) in [5.74, 6) is -0.384. The average Bonchev–Trinajstić information content (AvgIpc) is 2.94. The van der Waals surface area contributed by atoms with Crippen LogP contribution in [0, 0.1) is 0 Å². The molecular formula is C16H14N2O2S. The number of thiophene rings is 1. The number of carboxylic acid groups (broad SMARTS) is 1. The molecule has 0 aliphatic carbocycles. The van der Waals surface area contributed by atoms with E-state index in [1.165, 1.54) is 4.70 Å². The molecule has 2 N–H and O–H groups in total. The van der Waals surface area contributed by atoms with Crippen molar-refractivity contribution in [3.8, 4) is 0 Å². The summed E-state index contributed by atoms with van der Waals surface area (Å²) in [6.07, 6.45) is 0.694. The summed E-state index contributed by atoms with van der Waals surface area (Å²) in [5, 5.41) is 15.6. The van der Waals surface area contributed by atoms with Crippen molar-refractivity contribution in [2.75, 3.05) is 5.32 Å². The predicted octanol–water partition coefficient (Wildman–Crippen LogP) is 4.30. The van der Waals surface area contributed by atoms with Crippen LogP contribution in [0.1, 0.15) is 23.0 Å². The topological polar surface area (TPSA) is 62.2 Å². The van der Waals surface area contributed by atoms with E-state index in [2.05, 4.69) is 16.4 Å². The molecule has 0 fully saturated rings. The second-order valence-electron chi connectivity index (χ2n) is 4.69. The van der Waals surface area contributed by atoms with Crippen molar-refractivity contribution in [3.05, 3.63) is 53.0 Å². The molecule has 21 heavy (non-hydrogen) atoms. The first-order valence-electron chi connectivity index (χ1n) is 6.64. The number of nitrogens with one attached hydrogen (secondary N) is 1. The molecule has 106 valence electrons. The quantitative estimate of drug-likeness (QED) is 0.754. The predicted molar refractivity (Wildman–Crippen MR) is 85.7 cm³/mol. The van der Waals surface area contributed by atoms with Crippen LogP contribution in [0.15, 0.2) is 41.8 Å². The van der Waals surface area contributed by atoms with Crippen LogP contribution in [0.25, 0.3) is 10.1 Å². The number of nitrogens with zero attached hydrogens (tertiary/aromatic N) is 1. The van der Waals surface area contributed by atoms with E-state index < -0.39 is 5.97 Å². The zero-order chi connectivity index (χ0) is 14.8. The second kappa shape index (κ2) is 5.54. The number of aromatic nitrogens is 1. The molecule has 2 heterocycles. The fraction of sp³-hybridized carbons (Fsp3) is 0.125. The number of aryl methyl sites for hydroxylation is 1. The van der Waals surface area contributed by atoms with Crippen LogP contribution >= 0.6 is 11.3 Å². The first-order chi connectivity index (χ1) is 10.2. The van der Waals surface area contributed by atoms with Gasteiger partial charge in [-0.05, 0) is 53.6 Å². The van der Waals surface area contributed by atoms with Gasteiger partial charge in [-0.25, -0.2) is 9.78 Å². The molecule has 3 rings (SSSR count). The molecule has 0 radical (unpaired) electrons. The molecule has 1 aromatic carbocycles. The van der Waals surface area contributed by atoms with Gasteiger partial charge in [-0.1, -0.05) is 6.92 Å². The fourth-order valence-corrected chi connectivity index (χ4v) is 2.92. The highest BCUT2D eigenvalue weighted by Crippen LogP contribution is 2.26. The molecule has 0 aliphatic heterocycles. The number of benzene rings is 1. The minimum Gasteiger partial charge on any atom is -0.478 e. The number of hydrogen-bond acceptors (Lipinski definition) is 4. The number of carboxylic acids is 1. The Morgan fingerprint density at radius 3 is 2.90 bits per heavy atom. The van der Waals surface area contributed by atoms with Gasteiger partial charge in [0.1, 0.15) is 5.82 Å². The summed E-state index contributed by atoms with van der Waals surface area (Å²) in [7, 11) is 0. The van der Waals surface area contributed by atoms with Gasteiger partial charge in [0.25, 0.3) is 0 Å². The smallest absolute Gasteiger partial charge is 0.335 e. The van der Waals surface area contributed by atoms with E-state index in [1.807, 2.05) is 30.5 Å². The lowest BCUT2D eigenvalue weighted by atomic mass is 10.2. The van der Waals surface area contributed by atoms with Gasteiger partial charge in [0.15, 0.2) is 0 Å². The zero-order valence-corrected chi connectivity index (χ0v) is 12.3. The standard InChI is InChI=1S/C16H14N2O2S/c1-2-12-8-11(16(19)20)9-15(17-12)18-13-3-4-14-10(7-13)5-6-21-14/h3-9H,2H2,1H3,(H,17,18)(H,19,20). The molecule has 0 amide bonds. The van der Waals surface area contributed by atoms with E-state index in [-0.39, 0.29) is 5.56 Å². The zero-order valence-electron chi connectivity index (χ0n) is 11.5. The summed E-state index contributed by atoms with van der Waals surface area (Å²) in [5.41, 5.74) is 1.91. The Morgan fingerprint density at radius 2 is 2.14 bits per heavy atom. The molecule has 0 atom stereocenters. The highest BCUT2D eigenvalue weighted by molar-refractivity contribution is 7.17. The van der Waals surface area contributed by atoms with Crippen molar-refractivity contribution in [1.82, 2.24) is 4.98 Å². The summed E-state index contributed by atoms with van der Waals surface area (Å²) in [6.45, 7) is 1.95. The number of pyridine rings is 1. The van der Waals surface area contributed by atoms with Gasteiger partial charge >= 0.3 is 5.97 Å². The van der Waals surface area contributed by atoms with E-state index in [0.29, 0.717) is 12.2 Å². The summed E-state index contributed by atoms with van der Waals surface area (Å²) in [4.78, 5) is 15.6. The van der Waals surface area contributed by atoms with Crippen LogP contribution in [0.2, 0.25) is 0 Å². The third-order valence-corrected chi connectivity index (χ3v) is 4.11. The monoisotopic (exact) mass is 298 g/mol. The van der Waals surface area contributed by atoms with E-state index in [1.54, 1.807) is 23.5 Å². The third-order valence-electron chi connectivity index (χ3n) is 3.21. The Kier molecular flexibility index (Phi) is 3.58. The summed E-state index contributed by atoms with van der Waals surface area (Å²) in [6, 6.07) is 11.3. The lowest BCUT2D eigenvalue weighted by Crippen LogP contribution is -2.03. The van der Waals surface area contributed by atoms with Crippen molar-refractivity contribution < 1.29 is 9.90 Å². The van der Waals surface area contributed by atoms with Crippen LogP contribution in [-0.4, -0.2) is 16.1 Å². The molecule has 0 unspecified atom stereocenters.